The zero-order chi connectivity index (χ0) is 19.0. The van der Waals surface area contributed by atoms with Crippen LogP contribution < -0.4 is 4.90 Å². The molecule has 7 nitrogen and oxygen atoms in total. The number of hydrogen-bond acceptors (Lipinski definition) is 6. The number of amides is 2. The zero-order valence-corrected chi connectivity index (χ0v) is 14.3. The van der Waals surface area contributed by atoms with E-state index in [-0.39, 0.29) is 12.2 Å². The number of aromatic nitrogens is 1. The Bertz CT molecular complexity index is 1030. The number of benzene rings is 2. The molecule has 2 aromatic carbocycles. The molecule has 27 heavy (non-hydrogen) atoms. The van der Waals surface area contributed by atoms with E-state index < -0.39 is 17.8 Å². The molecule has 0 saturated carbocycles. The molecule has 2 amide bonds. The van der Waals surface area contributed by atoms with Crippen molar-refractivity contribution in [1.82, 2.24) is 5.16 Å². The molecule has 0 unspecified atom stereocenters. The summed E-state index contributed by atoms with van der Waals surface area (Å²) in [5, 5.41) is 3.76. The van der Waals surface area contributed by atoms with Crippen molar-refractivity contribution >= 4 is 23.5 Å². The predicted octanol–water partition coefficient (Wildman–Crippen LogP) is 3.14. The van der Waals surface area contributed by atoms with Crippen molar-refractivity contribution in [3.63, 3.8) is 0 Å². The molecule has 4 rings (SSSR count). The van der Waals surface area contributed by atoms with Crippen molar-refractivity contribution < 1.29 is 23.6 Å². The van der Waals surface area contributed by atoms with Gasteiger partial charge < -0.3 is 9.26 Å². The van der Waals surface area contributed by atoms with Gasteiger partial charge in [0.1, 0.15) is 18.1 Å². The van der Waals surface area contributed by atoms with E-state index in [1.54, 1.807) is 55.5 Å². The van der Waals surface area contributed by atoms with Crippen molar-refractivity contribution in [1.29, 1.82) is 0 Å². The van der Waals surface area contributed by atoms with Crippen molar-refractivity contribution in [2.45, 2.75) is 13.5 Å². The summed E-state index contributed by atoms with van der Waals surface area (Å²) in [6.07, 6.45) is 0. The van der Waals surface area contributed by atoms with E-state index in [1.165, 1.54) is 6.07 Å². The number of carbonyl (C=O) groups is 3. The zero-order valence-electron chi connectivity index (χ0n) is 14.3. The Morgan fingerprint density at radius 2 is 1.74 bits per heavy atom. The minimum Gasteiger partial charge on any atom is -0.455 e. The monoisotopic (exact) mass is 362 g/mol. The van der Waals surface area contributed by atoms with Crippen LogP contribution in [-0.4, -0.2) is 22.9 Å². The quantitative estimate of drug-likeness (QED) is 0.523. The van der Waals surface area contributed by atoms with Gasteiger partial charge in [-0.2, -0.15) is 0 Å². The number of anilines is 1. The highest BCUT2D eigenvalue weighted by atomic mass is 16.5. The van der Waals surface area contributed by atoms with Gasteiger partial charge in [-0.25, -0.2) is 9.69 Å². The number of ether oxygens (including phenoxy) is 1. The van der Waals surface area contributed by atoms with Gasteiger partial charge in [0.2, 0.25) is 0 Å². The molecule has 1 aliphatic heterocycles. The fourth-order valence-corrected chi connectivity index (χ4v) is 2.90. The van der Waals surface area contributed by atoms with Gasteiger partial charge in [-0.1, -0.05) is 23.4 Å². The fraction of sp³-hybridized carbons (Fsp3) is 0.100. The van der Waals surface area contributed by atoms with E-state index in [2.05, 4.69) is 5.16 Å². The third-order valence-electron chi connectivity index (χ3n) is 4.16. The largest absolute Gasteiger partial charge is 0.455 e. The first-order valence-corrected chi connectivity index (χ1v) is 8.22. The van der Waals surface area contributed by atoms with Crippen LogP contribution in [0.4, 0.5) is 5.69 Å². The molecule has 0 radical (unpaired) electrons. The van der Waals surface area contributed by atoms with Crippen LogP contribution in [0.2, 0.25) is 0 Å². The van der Waals surface area contributed by atoms with E-state index in [4.69, 9.17) is 9.26 Å². The SMILES string of the molecule is Cc1cc(COC(=O)c2cccc(N3C(=O)c4ccccc4C3=O)c2)no1. The highest BCUT2D eigenvalue weighted by Gasteiger charge is 2.36. The summed E-state index contributed by atoms with van der Waals surface area (Å²) in [5.74, 6) is -0.804. The van der Waals surface area contributed by atoms with E-state index in [9.17, 15) is 14.4 Å². The summed E-state index contributed by atoms with van der Waals surface area (Å²) in [6, 6.07) is 14.5. The highest BCUT2D eigenvalue weighted by Crippen LogP contribution is 2.28. The van der Waals surface area contributed by atoms with Crippen LogP contribution in [0.25, 0.3) is 0 Å². The van der Waals surface area contributed by atoms with Gasteiger partial charge in [-0.05, 0) is 37.3 Å². The summed E-state index contributed by atoms with van der Waals surface area (Å²) in [4.78, 5) is 38.5. The second-order valence-corrected chi connectivity index (χ2v) is 6.05. The maximum atomic E-state index is 12.6. The predicted molar refractivity (Wildman–Crippen MR) is 94.4 cm³/mol. The average Bonchev–Trinajstić information content (AvgIpc) is 3.21. The lowest BCUT2D eigenvalue weighted by molar-refractivity contribution is 0.0463. The maximum absolute atomic E-state index is 12.6. The van der Waals surface area contributed by atoms with E-state index in [1.807, 2.05) is 0 Å². The molecule has 3 aromatic rings. The third-order valence-corrected chi connectivity index (χ3v) is 4.16. The summed E-state index contributed by atoms with van der Waals surface area (Å²) < 4.78 is 10.1. The van der Waals surface area contributed by atoms with Crippen molar-refractivity contribution in [2.24, 2.45) is 0 Å². The Hall–Kier alpha value is -3.74. The first-order chi connectivity index (χ1) is 13.0. The number of carbonyl (C=O) groups excluding carboxylic acids is 3. The number of nitrogens with zero attached hydrogens (tertiary/aromatic N) is 2. The van der Waals surface area contributed by atoms with Crippen LogP contribution >= 0.6 is 0 Å². The van der Waals surface area contributed by atoms with Gasteiger partial charge in [0.25, 0.3) is 11.8 Å². The number of aryl methyl sites for hydroxylation is 1. The molecule has 0 atom stereocenters. The molecule has 7 heteroatoms. The van der Waals surface area contributed by atoms with Crippen LogP contribution in [0.3, 0.4) is 0 Å². The fourth-order valence-electron chi connectivity index (χ4n) is 2.90. The molecule has 0 N–H and O–H groups in total. The number of rotatable bonds is 4. The second-order valence-electron chi connectivity index (χ2n) is 6.05. The van der Waals surface area contributed by atoms with E-state index >= 15 is 0 Å². The van der Waals surface area contributed by atoms with Crippen LogP contribution in [0.5, 0.6) is 0 Å². The Kier molecular flexibility index (Phi) is 4.04. The summed E-state index contributed by atoms with van der Waals surface area (Å²) in [7, 11) is 0. The maximum Gasteiger partial charge on any atom is 0.338 e. The molecule has 1 aliphatic rings. The summed E-state index contributed by atoms with van der Waals surface area (Å²) in [6.45, 7) is 1.71. The molecule has 0 spiro atoms. The van der Waals surface area contributed by atoms with Gasteiger partial charge in [-0.15, -0.1) is 0 Å². The van der Waals surface area contributed by atoms with Crippen molar-refractivity contribution in [3.8, 4) is 0 Å². The van der Waals surface area contributed by atoms with Crippen molar-refractivity contribution in [3.05, 3.63) is 82.7 Å². The topological polar surface area (TPSA) is 89.7 Å². The lowest BCUT2D eigenvalue weighted by atomic mass is 10.1. The molecular weight excluding hydrogens is 348 g/mol. The third kappa shape index (κ3) is 2.99. The first kappa shape index (κ1) is 16.7. The van der Waals surface area contributed by atoms with Crippen LogP contribution in [0, 0.1) is 6.92 Å². The minimum absolute atomic E-state index is 0.0343. The van der Waals surface area contributed by atoms with Gasteiger partial charge in [-0.3, -0.25) is 9.59 Å². The van der Waals surface area contributed by atoms with Crippen LogP contribution in [0.15, 0.2) is 59.1 Å². The molecule has 2 heterocycles. The average molecular weight is 362 g/mol. The molecule has 0 bridgehead atoms. The summed E-state index contributed by atoms with van der Waals surface area (Å²) >= 11 is 0. The Labute approximate surface area is 154 Å². The number of imide groups is 1. The van der Waals surface area contributed by atoms with Gasteiger partial charge >= 0.3 is 5.97 Å². The standard InChI is InChI=1S/C20H14N2O5/c1-12-9-14(21-27-12)11-26-20(25)13-5-4-6-15(10-13)22-18(23)16-7-2-3-8-17(16)19(22)24/h2-10H,11H2,1H3. The van der Waals surface area contributed by atoms with Gasteiger partial charge in [0, 0.05) is 6.07 Å². The Morgan fingerprint density at radius 1 is 1.04 bits per heavy atom. The molecule has 134 valence electrons. The Balaban J connectivity index is 1.55. The minimum atomic E-state index is -0.589. The number of esters is 1. The van der Waals surface area contributed by atoms with Gasteiger partial charge in [0.15, 0.2) is 0 Å². The second kappa shape index (κ2) is 6.53. The van der Waals surface area contributed by atoms with Crippen LogP contribution in [-0.2, 0) is 11.3 Å². The number of fused-ring (bicyclic) bond motifs is 1. The molecule has 0 fully saturated rings. The Morgan fingerprint density at radius 3 is 2.37 bits per heavy atom. The molecule has 0 aliphatic carbocycles. The van der Waals surface area contributed by atoms with Crippen molar-refractivity contribution in [2.75, 3.05) is 4.90 Å². The van der Waals surface area contributed by atoms with Crippen LogP contribution in [0.1, 0.15) is 42.5 Å². The normalized spacial score (nSPS) is 13.0. The van der Waals surface area contributed by atoms with E-state index in [0.717, 1.165) is 4.90 Å². The molecular formula is C20H14N2O5. The van der Waals surface area contributed by atoms with Gasteiger partial charge in [0.05, 0.1) is 22.4 Å². The lowest BCUT2D eigenvalue weighted by Gasteiger charge is -2.14. The first-order valence-electron chi connectivity index (χ1n) is 8.22. The number of hydrogen-bond donors (Lipinski definition) is 0. The van der Waals surface area contributed by atoms with E-state index in [0.29, 0.717) is 28.3 Å². The molecule has 1 aromatic heterocycles. The highest BCUT2D eigenvalue weighted by molar-refractivity contribution is 6.34. The lowest BCUT2D eigenvalue weighted by Crippen LogP contribution is -2.29. The smallest absolute Gasteiger partial charge is 0.338 e. The summed E-state index contributed by atoms with van der Waals surface area (Å²) in [5.41, 5.74) is 1.73. The molecule has 0 saturated heterocycles.